The molecule has 0 aromatic carbocycles. The predicted octanol–water partition coefficient (Wildman–Crippen LogP) is 1.28. The van der Waals surface area contributed by atoms with Crippen LogP contribution in [0.5, 0.6) is 0 Å². The molecule has 16 heavy (non-hydrogen) atoms. The van der Waals surface area contributed by atoms with Crippen LogP contribution in [0, 0.1) is 0 Å². The summed E-state index contributed by atoms with van der Waals surface area (Å²) >= 11 is 0. The lowest BCUT2D eigenvalue weighted by molar-refractivity contribution is 0.752. The van der Waals surface area contributed by atoms with E-state index in [0.717, 1.165) is 18.1 Å². The summed E-state index contributed by atoms with van der Waals surface area (Å²) in [5.41, 5.74) is 6.79. The summed E-state index contributed by atoms with van der Waals surface area (Å²) in [5, 5.41) is 8.66. The Bertz CT molecular complexity index is 354. The Balaban J connectivity index is 1.75. The van der Waals surface area contributed by atoms with Crippen molar-refractivity contribution in [2.75, 3.05) is 18.0 Å². The van der Waals surface area contributed by atoms with Gasteiger partial charge < -0.3 is 10.6 Å². The molecular weight excluding hydrogens is 200 g/mol. The first kappa shape index (κ1) is 10.0. The number of nitrogens with zero attached hydrogens (tertiary/aromatic N) is 3. The SMILES string of the molecule is NCCN(c1ccc(C2CC2)nn1)C1CC1. The molecule has 2 aliphatic rings. The number of hydrogen-bond acceptors (Lipinski definition) is 4. The second-order valence-corrected chi connectivity index (χ2v) is 4.80. The predicted molar refractivity (Wildman–Crippen MR) is 63.4 cm³/mol. The lowest BCUT2D eigenvalue weighted by Crippen LogP contribution is -2.32. The van der Waals surface area contributed by atoms with Crippen LogP contribution >= 0.6 is 0 Å². The molecule has 2 aliphatic carbocycles. The highest BCUT2D eigenvalue weighted by atomic mass is 15.3. The van der Waals surface area contributed by atoms with Gasteiger partial charge in [-0.05, 0) is 37.8 Å². The van der Waals surface area contributed by atoms with Crippen LogP contribution in [0.1, 0.15) is 37.3 Å². The minimum absolute atomic E-state index is 0.657. The number of rotatable bonds is 5. The average molecular weight is 218 g/mol. The topological polar surface area (TPSA) is 55.0 Å². The molecule has 0 aliphatic heterocycles. The lowest BCUT2D eigenvalue weighted by atomic mass is 10.3. The van der Waals surface area contributed by atoms with Crippen molar-refractivity contribution in [2.45, 2.75) is 37.6 Å². The van der Waals surface area contributed by atoms with E-state index >= 15 is 0 Å². The standard InChI is InChI=1S/C12H18N4/c13-7-8-16(10-3-4-10)12-6-5-11(14-15-12)9-1-2-9/h5-6,9-10H,1-4,7-8,13H2. The van der Waals surface area contributed by atoms with Crippen molar-refractivity contribution in [1.29, 1.82) is 0 Å². The molecule has 0 radical (unpaired) electrons. The van der Waals surface area contributed by atoms with Crippen LogP contribution in [0.2, 0.25) is 0 Å². The molecule has 0 bridgehead atoms. The number of anilines is 1. The summed E-state index contributed by atoms with van der Waals surface area (Å²) < 4.78 is 0. The van der Waals surface area contributed by atoms with Gasteiger partial charge >= 0.3 is 0 Å². The second kappa shape index (κ2) is 4.01. The highest BCUT2D eigenvalue weighted by Gasteiger charge is 2.30. The summed E-state index contributed by atoms with van der Waals surface area (Å²) in [6, 6.07) is 4.89. The van der Waals surface area contributed by atoms with Crippen LogP contribution in [0.4, 0.5) is 5.82 Å². The maximum atomic E-state index is 5.63. The van der Waals surface area contributed by atoms with Gasteiger partial charge in [0.05, 0.1) is 5.69 Å². The van der Waals surface area contributed by atoms with Gasteiger partial charge in [0.25, 0.3) is 0 Å². The van der Waals surface area contributed by atoms with E-state index in [1.54, 1.807) is 0 Å². The van der Waals surface area contributed by atoms with Gasteiger partial charge in [-0.1, -0.05) is 0 Å². The van der Waals surface area contributed by atoms with E-state index in [1.807, 2.05) is 0 Å². The van der Waals surface area contributed by atoms with E-state index in [4.69, 9.17) is 5.73 Å². The molecule has 1 aromatic heterocycles. The van der Waals surface area contributed by atoms with Crippen molar-refractivity contribution in [3.05, 3.63) is 17.8 Å². The molecule has 2 N–H and O–H groups in total. The first-order chi connectivity index (χ1) is 7.88. The Morgan fingerprint density at radius 2 is 2.00 bits per heavy atom. The zero-order chi connectivity index (χ0) is 11.0. The van der Waals surface area contributed by atoms with E-state index in [0.29, 0.717) is 18.5 Å². The van der Waals surface area contributed by atoms with E-state index in [2.05, 4.69) is 27.2 Å². The van der Waals surface area contributed by atoms with Crippen molar-refractivity contribution in [3.63, 3.8) is 0 Å². The Morgan fingerprint density at radius 3 is 2.50 bits per heavy atom. The normalized spacial score (nSPS) is 19.8. The average Bonchev–Trinajstić information content (AvgIpc) is 3.19. The summed E-state index contributed by atoms with van der Waals surface area (Å²) in [4.78, 5) is 2.30. The Morgan fingerprint density at radius 1 is 1.19 bits per heavy atom. The fourth-order valence-electron chi connectivity index (χ4n) is 2.10. The Hall–Kier alpha value is -1.16. The third kappa shape index (κ3) is 2.02. The highest BCUT2D eigenvalue weighted by Crippen LogP contribution is 2.39. The van der Waals surface area contributed by atoms with E-state index in [9.17, 15) is 0 Å². The summed E-state index contributed by atoms with van der Waals surface area (Å²) in [6.45, 7) is 1.57. The van der Waals surface area contributed by atoms with Crippen molar-refractivity contribution in [2.24, 2.45) is 5.73 Å². The van der Waals surface area contributed by atoms with Crippen LogP contribution in [-0.2, 0) is 0 Å². The van der Waals surface area contributed by atoms with Gasteiger partial charge in [-0.15, -0.1) is 5.10 Å². The molecule has 0 spiro atoms. The van der Waals surface area contributed by atoms with Crippen LogP contribution in [-0.4, -0.2) is 29.3 Å². The van der Waals surface area contributed by atoms with Crippen molar-refractivity contribution in [3.8, 4) is 0 Å². The molecule has 0 saturated heterocycles. The molecule has 86 valence electrons. The minimum Gasteiger partial charge on any atom is -0.351 e. The summed E-state index contributed by atoms with van der Waals surface area (Å²) in [6.07, 6.45) is 5.10. The molecule has 2 fully saturated rings. The minimum atomic E-state index is 0.657. The largest absolute Gasteiger partial charge is 0.351 e. The molecule has 3 rings (SSSR count). The van der Waals surface area contributed by atoms with Gasteiger partial charge in [0, 0.05) is 25.0 Å². The molecule has 1 aromatic rings. The maximum Gasteiger partial charge on any atom is 0.151 e. The van der Waals surface area contributed by atoms with Crippen LogP contribution in [0.3, 0.4) is 0 Å². The molecule has 1 heterocycles. The lowest BCUT2D eigenvalue weighted by Gasteiger charge is -2.22. The maximum absolute atomic E-state index is 5.63. The van der Waals surface area contributed by atoms with Gasteiger partial charge in [0.1, 0.15) is 0 Å². The van der Waals surface area contributed by atoms with Gasteiger partial charge in [-0.3, -0.25) is 0 Å². The monoisotopic (exact) mass is 218 g/mol. The zero-order valence-electron chi connectivity index (χ0n) is 9.47. The van der Waals surface area contributed by atoms with Crippen molar-refractivity contribution in [1.82, 2.24) is 10.2 Å². The van der Waals surface area contributed by atoms with Gasteiger partial charge in [0.2, 0.25) is 0 Å². The Labute approximate surface area is 95.8 Å². The van der Waals surface area contributed by atoms with E-state index < -0.39 is 0 Å². The third-order valence-electron chi connectivity index (χ3n) is 3.32. The molecule has 2 saturated carbocycles. The molecule has 4 heteroatoms. The van der Waals surface area contributed by atoms with Gasteiger partial charge in [-0.2, -0.15) is 5.10 Å². The number of aromatic nitrogens is 2. The first-order valence-electron chi connectivity index (χ1n) is 6.19. The number of hydrogen-bond donors (Lipinski definition) is 1. The van der Waals surface area contributed by atoms with E-state index in [1.165, 1.54) is 25.7 Å². The zero-order valence-corrected chi connectivity index (χ0v) is 9.47. The van der Waals surface area contributed by atoms with Crippen LogP contribution < -0.4 is 10.6 Å². The fraction of sp³-hybridized carbons (Fsp3) is 0.667. The second-order valence-electron chi connectivity index (χ2n) is 4.80. The highest BCUT2D eigenvalue weighted by molar-refractivity contribution is 5.41. The number of nitrogens with two attached hydrogens (primary N) is 1. The smallest absolute Gasteiger partial charge is 0.151 e. The molecule has 4 nitrogen and oxygen atoms in total. The molecule has 0 atom stereocenters. The fourth-order valence-corrected chi connectivity index (χ4v) is 2.10. The van der Waals surface area contributed by atoms with Crippen molar-refractivity contribution < 1.29 is 0 Å². The molecule has 0 unspecified atom stereocenters. The summed E-state index contributed by atoms with van der Waals surface area (Å²) in [5.74, 6) is 1.68. The van der Waals surface area contributed by atoms with Crippen molar-refractivity contribution >= 4 is 5.82 Å². The van der Waals surface area contributed by atoms with Gasteiger partial charge in [0.15, 0.2) is 5.82 Å². The first-order valence-corrected chi connectivity index (χ1v) is 6.19. The van der Waals surface area contributed by atoms with Crippen LogP contribution in [0.25, 0.3) is 0 Å². The van der Waals surface area contributed by atoms with Crippen LogP contribution in [0.15, 0.2) is 12.1 Å². The third-order valence-corrected chi connectivity index (χ3v) is 3.32. The quantitative estimate of drug-likeness (QED) is 0.809. The Kier molecular flexibility index (Phi) is 2.52. The summed E-state index contributed by atoms with van der Waals surface area (Å²) in [7, 11) is 0. The molecule has 0 amide bonds. The molecular formula is C12H18N4. The van der Waals surface area contributed by atoms with Gasteiger partial charge in [-0.25, -0.2) is 0 Å². The van der Waals surface area contributed by atoms with E-state index in [-0.39, 0.29) is 0 Å².